The number of carbonyl (C=O) groups is 3. The first-order chi connectivity index (χ1) is 20.1. The Bertz CT molecular complexity index is 1370. The predicted octanol–water partition coefficient (Wildman–Crippen LogP) is -1.95. The lowest BCUT2D eigenvalue weighted by Crippen LogP contribution is -2.61. The third-order valence-corrected chi connectivity index (χ3v) is 8.30. The molecule has 2 saturated heterocycles. The minimum absolute atomic E-state index is 0.00980. The Labute approximate surface area is 237 Å². The first kappa shape index (κ1) is 28.5. The summed E-state index contributed by atoms with van der Waals surface area (Å²) < 4.78 is 38.7. The number of fused-ring (bicyclic) bond motifs is 5. The molecule has 1 aromatic carbocycles. The Morgan fingerprint density at radius 1 is 1.05 bits per heavy atom. The lowest BCUT2D eigenvalue weighted by atomic mass is 9.78. The maximum absolute atomic E-state index is 13.4. The predicted molar refractivity (Wildman–Crippen MR) is 131 cm³/mol. The molecular formula is C27H28O15. The van der Waals surface area contributed by atoms with Crippen LogP contribution in [0.4, 0.5) is 0 Å². The van der Waals surface area contributed by atoms with E-state index in [1.165, 1.54) is 38.5 Å². The van der Waals surface area contributed by atoms with Crippen LogP contribution in [-0.2, 0) is 38.0 Å². The van der Waals surface area contributed by atoms with Gasteiger partial charge < -0.3 is 58.7 Å². The Kier molecular flexibility index (Phi) is 7.00. The Morgan fingerprint density at radius 3 is 2.50 bits per heavy atom. The third kappa shape index (κ3) is 4.19. The Hall–Kier alpha value is -3.57. The number of aliphatic hydroxyl groups is 4. The zero-order chi connectivity index (χ0) is 30.1. The number of ether oxygens (including phenoxy) is 7. The van der Waals surface area contributed by atoms with Crippen LogP contribution in [0.3, 0.4) is 0 Å². The van der Waals surface area contributed by atoms with E-state index in [-0.39, 0.29) is 28.2 Å². The molecule has 15 heteroatoms. The van der Waals surface area contributed by atoms with Gasteiger partial charge in [0, 0.05) is 11.5 Å². The molecule has 6 rings (SSSR count). The number of carbonyl (C=O) groups excluding carboxylic acids is 3. The van der Waals surface area contributed by atoms with Gasteiger partial charge in [0.25, 0.3) is 0 Å². The van der Waals surface area contributed by atoms with E-state index in [2.05, 4.69) is 0 Å². The molecule has 15 nitrogen and oxygen atoms in total. The maximum Gasteiger partial charge on any atom is 0.342 e. The fourth-order valence-corrected chi connectivity index (χ4v) is 6.19. The zero-order valence-electron chi connectivity index (χ0n) is 22.2. The third-order valence-electron chi connectivity index (χ3n) is 8.30. The first-order valence-corrected chi connectivity index (χ1v) is 13.0. The van der Waals surface area contributed by atoms with Gasteiger partial charge in [-0.3, -0.25) is 4.79 Å². The number of hydrogen-bond donors (Lipinski definition) is 5. The van der Waals surface area contributed by atoms with Gasteiger partial charge in [0.05, 0.1) is 44.7 Å². The van der Waals surface area contributed by atoms with Crippen LogP contribution in [-0.4, -0.2) is 119 Å². The summed E-state index contributed by atoms with van der Waals surface area (Å²) in [6.45, 7) is -0.704. The second-order valence-corrected chi connectivity index (χ2v) is 10.5. The summed E-state index contributed by atoms with van der Waals surface area (Å²) in [4.78, 5) is 39.3. The van der Waals surface area contributed by atoms with E-state index in [1.807, 2.05) is 0 Å². The smallest absolute Gasteiger partial charge is 0.342 e. The molecule has 11 atom stereocenters. The average molecular weight is 593 g/mol. The topological polar surface area (TPSA) is 220 Å². The number of aliphatic hydroxyl groups excluding tert-OH is 4. The lowest BCUT2D eigenvalue weighted by molar-refractivity contribution is -0.347. The molecule has 0 unspecified atom stereocenters. The molecule has 1 aromatic rings. The fourth-order valence-electron chi connectivity index (χ4n) is 6.19. The number of hydrogen-bond acceptors (Lipinski definition) is 15. The van der Waals surface area contributed by atoms with Crippen molar-refractivity contribution in [2.45, 2.75) is 54.8 Å². The number of rotatable bonds is 7. The normalized spacial score (nSPS) is 39.8. The van der Waals surface area contributed by atoms with Crippen molar-refractivity contribution < 1.29 is 73.1 Å². The monoisotopic (exact) mass is 592 g/mol. The van der Waals surface area contributed by atoms with Gasteiger partial charge in [-0.1, -0.05) is 0 Å². The van der Waals surface area contributed by atoms with E-state index in [0.717, 1.165) is 6.26 Å². The van der Waals surface area contributed by atoms with E-state index in [4.69, 9.17) is 33.2 Å². The quantitative estimate of drug-likeness (QED) is 0.100. The number of phenolic OH excluding ortho intramolecular Hbond substituents is 1. The van der Waals surface area contributed by atoms with Crippen molar-refractivity contribution >= 4 is 17.7 Å². The maximum atomic E-state index is 13.4. The summed E-state index contributed by atoms with van der Waals surface area (Å²) in [5.74, 6) is -4.53. The highest BCUT2D eigenvalue weighted by Crippen LogP contribution is 2.62. The van der Waals surface area contributed by atoms with Crippen molar-refractivity contribution in [1.82, 2.24) is 0 Å². The van der Waals surface area contributed by atoms with Gasteiger partial charge in [-0.25, -0.2) is 9.59 Å². The number of esters is 2. The molecule has 1 aliphatic carbocycles. The van der Waals surface area contributed by atoms with Gasteiger partial charge >= 0.3 is 11.9 Å². The van der Waals surface area contributed by atoms with Gasteiger partial charge in [-0.2, -0.15) is 0 Å². The van der Waals surface area contributed by atoms with Gasteiger partial charge in [0.1, 0.15) is 36.1 Å². The van der Waals surface area contributed by atoms with Gasteiger partial charge in [-0.05, 0) is 24.3 Å². The minimum atomic E-state index is -1.78. The molecule has 0 radical (unpaired) electrons. The summed E-state index contributed by atoms with van der Waals surface area (Å²) in [5.41, 5.74) is -1.95. The van der Waals surface area contributed by atoms with E-state index >= 15 is 0 Å². The highest BCUT2D eigenvalue weighted by molar-refractivity contribution is 6.25. The molecule has 226 valence electrons. The van der Waals surface area contributed by atoms with Crippen LogP contribution in [0.2, 0.25) is 0 Å². The van der Waals surface area contributed by atoms with Crippen LogP contribution < -0.4 is 4.74 Å². The number of ketones is 1. The lowest BCUT2D eigenvalue weighted by Gasteiger charge is -2.45. The molecule has 4 heterocycles. The molecule has 1 saturated carbocycles. The second kappa shape index (κ2) is 10.3. The van der Waals surface area contributed by atoms with Crippen LogP contribution in [0.15, 0.2) is 41.7 Å². The van der Waals surface area contributed by atoms with Crippen molar-refractivity contribution in [2.75, 3.05) is 20.8 Å². The Balaban J connectivity index is 1.37. The summed E-state index contributed by atoms with van der Waals surface area (Å²) >= 11 is 0. The summed E-state index contributed by atoms with van der Waals surface area (Å²) in [6, 6.07) is 3.80. The van der Waals surface area contributed by atoms with Crippen LogP contribution in [0.5, 0.6) is 11.5 Å². The largest absolute Gasteiger partial charge is 0.504 e. The molecule has 5 aliphatic rings. The van der Waals surface area contributed by atoms with Crippen molar-refractivity contribution in [3.8, 4) is 11.5 Å². The van der Waals surface area contributed by atoms with Crippen LogP contribution in [0, 0.1) is 11.8 Å². The Morgan fingerprint density at radius 2 is 1.81 bits per heavy atom. The number of epoxide rings is 1. The van der Waals surface area contributed by atoms with Crippen molar-refractivity contribution in [1.29, 1.82) is 0 Å². The van der Waals surface area contributed by atoms with Crippen molar-refractivity contribution in [3.63, 3.8) is 0 Å². The number of benzene rings is 1. The molecule has 0 bridgehead atoms. The molecule has 1 spiro atoms. The van der Waals surface area contributed by atoms with Crippen molar-refractivity contribution in [3.05, 3.63) is 47.2 Å². The van der Waals surface area contributed by atoms with E-state index in [0.29, 0.717) is 0 Å². The van der Waals surface area contributed by atoms with Crippen LogP contribution in [0.25, 0.3) is 0 Å². The zero-order valence-corrected chi connectivity index (χ0v) is 22.2. The number of methoxy groups -OCH3 is 2. The highest BCUT2D eigenvalue weighted by Gasteiger charge is 2.78. The van der Waals surface area contributed by atoms with Gasteiger partial charge in [-0.15, -0.1) is 0 Å². The molecule has 0 aromatic heterocycles. The SMILES string of the molecule is COC(=O)C1=CO[C@@H](O[C@@H]2O[C@H](CO)[C@@H](O)[C@H](O)[C@H]2O)[C@H]2[C@@H]1[C@@H]1O[C@@H]1[C@]21C=C(C(=O)c2ccc(O)c(OC)c2)C(=O)O1. The average Bonchev–Trinajstić information content (AvgIpc) is 3.66. The van der Waals surface area contributed by atoms with Crippen LogP contribution >= 0.6 is 0 Å². The minimum Gasteiger partial charge on any atom is -0.504 e. The number of aromatic hydroxyl groups is 1. The standard InChI is InChI=1S/C27H28O15/c1-36-13-5-9(3-4-12(13)29)17(30)10-6-27(42-24(10)35)16-15(21-22(27)40-21)11(23(34)37-2)8-38-25(16)41-26-20(33)19(32)18(31)14(7-28)39-26/h3-6,8,14-16,18-22,25-26,28-29,31-33H,7H2,1-2H3/t14-,15-,16-,18-,19+,20-,21+,22+,25+,26+,27+/m1/s1. The molecule has 42 heavy (non-hydrogen) atoms. The van der Waals surface area contributed by atoms with Crippen molar-refractivity contribution in [2.24, 2.45) is 11.8 Å². The van der Waals surface area contributed by atoms with Gasteiger partial charge in [0.2, 0.25) is 6.29 Å². The highest BCUT2D eigenvalue weighted by atomic mass is 16.8. The summed E-state index contributed by atoms with van der Waals surface area (Å²) in [6.07, 6.45) is -8.57. The first-order valence-electron chi connectivity index (χ1n) is 13.0. The van der Waals surface area contributed by atoms with E-state index in [1.54, 1.807) is 0 Å². The molecule has 5 N–H and O–H groups in total. The fraction of sp³-hybridized carbons (Fsp3) is 0.519. The number of Topliss-reactive ketones (excluding diaryl/α,β-unsaturated/α-hetero) is 1. The van der Waals surface area contributed by atoms with E-state index < -0.39 is 91.0 Å². The molecule has 3 fully saturated rings. The van der Waals surface area contributed by atoms with Crippen LogP contribution in [0.1, 0.15) is 10.4 Å². The summed E-state index contributed by atoms with van der Waals surface area (Å²) in [5, 5.41) is 50.4. The van der Waals surface area contributed by atoms with Gasteiger partial charge in [0.15, 0.2) is 29.2 Å². The summed E-state index contributed by atoms with van der Waals surface area (Å²) in [7, 11) is 2.47. The molecular weight excluding hydrogens is 564 g/mol. The molecule has 0 amide bonds. The number of phenols is 1. The van der Waals surface area contributed by atoms with E-state index in [9.17, 15) is 39.9 Å². The molecule has 4 aliphatic heterocycles. The second-order valence-electron chi connectivity index (χ2n) is 10.5.